The molecule has 0 unspecified atom stereocenters. The van der Waals surface area contributed by atoms with Crippen LogP contribution >= 0.6 is 11.6 Å². The summed E-state index contributed by atoms with van der Waals surface area (Å²) in [6.45, 7) is -0.579. The van der Waals surface area contributed by atoms with E-state index in [1.165, 1.54) is 56.6 Å². The third-order valence-electron chi connectivity index (χ3n) is 4.67. The molecular weight excluding hydrogens is 454 g/mol. The zero-order valence-corrected chi connectivity index (χ0v) is 18.9. The van der Waals surface area contributed by atoms with Crippen LogP contribution in [0.4, 0.5) is 5.69 Å². The molecule has 166 valence electrons. The lowest BCUT2D eigenvalue weighted by molar-refractivity contribution is 0.0471. The second kappa shape index (κ2) is 9.84. The summed E-state index contributed by atoms with van der Waals surface area (Å²) in [6.07, 6.45) is 0. The van der Waals surface area contributed by atoms with E-state index in [1.807, 2.05) is 0 Å². The first-order valence-corrected chi connectivity index (χ1v) is 11.2. The molecule has 0 fully saturated rings. The highest BCUT2D eigenvalue weighted by atomic mass is 35.5. The summed E-state index contributed by atoms with van der Waals surface area (Å²) in [7, 11) is -1.21. The maximum Gasteiger partial charge on any atom is 0.339 e. The fourth-order valence-electron chi connectivity index (χ4n) is 2.92. The molecule has 0 N–H and O–H groups in total. The Labute approximate surface area is 191 Å². The van der Waals surface area contributed by atoms with Gasteiger partial charge in [0, 0.05) is 12.6 Å². The average molecular weight is 474 g/mol. The fourth-order valence-corrected chi connectivity index (χ4v) is 4.55. The zero-order valence-electron chi connectivity index (χ0n) is 17.3. The largest absolute Gasteiger partial charge is 0.495 e. The second-order valence-electron chi connectivity index (χ2n) is 6.65. The van der Waals surface area contributed by atoms with Crippen LogP contribution in [0.1, 0.15) is 20.7 Å². The van der Waals surface area contributed by atoms with Gasteiger partial charge >= 0.3 is 5.97 Å². The Morgan fingerprint density at radius 1 is 0.969 bits per heavy atom. The standard InChI is InChI=1S/C23H20ClNO6S/c1-25(17-8-4-3-5-9-17)32(28,29)22-11-7-6-10-18(22)23(27)31-15-20(26)16-12-13-21(30-2)19(24)14-16/h3-14H,15H2,1-2H3. The highest BCUT2D eigenvalue weighted by Crippen LogP contribution is 2.26. The number of sulfonamides is 1. The van der Waals surface area contributed by atoms with E-state index in [1.54, 1.807) is 30.3 Å². The summed E-state index contributed by atoms with van der Waals surface area (Å²) < 4.78 is 37.5. The molecule has 0 atom stereocenters. The topological polar surface area (TPSA) is 90.0 Å². The molecule has 0 aliphatic carbocycles. The molecule has 3 aromatic carbocycles. The summed E-state index contributed by atoms with van der Waals surface area (Å²) in [4.78, 5) is 24.8. The first kappa shape index (κ1) is 23.3. The molecule has 0 aromatic heterocycles. The molecule has 0 bridgehead atoms. The number of para-hydroxylation sites is 1. The van der Waals surface area contributed by atoms with E-state index < -0.39 is 28.4 Å². The summed E-state index contributed by atoms with van der Waals surface area (Å²) in [5.41, 5.74) is 0.492. The van der Waals surface area contributed by atoms with Crippen LogP contribution < -0.4 is 9.04 Å². The van der Waals surface area contributed by atoms with Crippen LogP contribution in [0.25, 0.3) is 0 Å². The van der Waals surface area contributed by atoms with Crippen LogP contribution in [0.2, 0.25) is 5.02 Å². The van der Waals surface area contributed by atoms with E-state index in [4.69, 9.17) is 21.1 Å². The molecule has 0 saturated heterocycles. The molecule has 0 radical (unpaired) electrons. The van der Waals surface area contributed by atoms with E-state index in [2.05, 4.69) is 0 Å². The number of benzene rings is 3. The first-order chi connectivity index (χ1) is 15.3. The Kier molecular flexibility index (Phi) is 7.17. The molecule has 0 saturated carbocycles. The Hall–Kier alpha value is -3.36. The van der Waals surface area contributed by atoms with Gasteiger partial charge in [0.1, 0.15) is 10.6 Å². The minimum Gasteiger partial charge on any atom is -0.495 e. The van der Waals surface area contributed by atoms with Crippen molar-refractivity contribution >= 4 is 39.1 Å². The number of carbonyl (C=O) groups is 2. The van der Waals surface area contributed by atoms with Crippen molar-refractivity contribution in [3.05, 3.63) is 88.9 Å². The average Bonchev–Trinajstić information content (AvgIpc) is 2.82. The van der Waals surface area contributed by atoms with Crippen LogP contribution in [0, 0.1) is 0 Å². The normalized spacial score (nSPS) is 11.0. The molecule has 0 aliphatic rings. The number of ketones is 1. The molecule has 32 heavy (non-hydrogen) atoms. The lowest BCUT2D eigenvalue weighted by atomic mass is 10.1. The molecular formula is C23H20ClNO6S. The SMILES string of the molecule is COc1ccc(C(=O)COC(=O)c2ccccc2S(=O)(=O)N(C)c2ccccc2)cc1Cl. The number of anilines is 1. The highest BCUT2D eigenvalue weighted by Gasteiger charge is 2.27. The first-order valence-electron chi connectivity index (χ1n) is 9.42. The highest BCUT2D eigenvalue weighted by molar-refractivity contribution is 7.92. The van der Waals surface area contributed by atoms with Gasteiger partial charge in [-0.2, -0.15) is 0 Å². The number of Topliss-reactive ketones (excluding diaryl/α,β-unsaturated/α-hetero) is 1. The van der Waals surface area contributed by atoms with Gasteiger partial charge in [-0.1, -0.05) is 41.9 Å². The van der Waals surface area contributed by atoms with Gasteiger partial charge in [0.05, 0.1) is 23.4 Å². The van der Waals surface area contributed by atoms with Gasteiger partial charge in [-0.15, -0.1) is 0 Å². The number of methoxy groups -OCH3 is 1. The van der Waals surface area contributed by atoms with Gasteiger partial charge < -0.3 is 9.47 Å². The Bertz CT molecular complexity index is 1240. The van der Waals surface area contributed by atoms with Crippen molar-refractivity contribution in [3.63, 3.8) is 0 Å². The smallest absolute Gasteiger partial charge is 0.339 e. The molecule has 0 heterocycles. The van der Waals surface area contributed by atoms with E-state index in [9.17, 15) is 18.0 Å². The van der Waals surface area contributed by atoms with Gasteiger partial charge in [-0.3, -0.25) is 9.10 Å². The molecule has 7 nitrogen and oxygen atoms in total. The molecule has 3 aromatic rings. The summed E-state index contributed by atoms with van der Waals surface area (Å²) in [5.74, 6) is -1.02. The summed E-state index contributed by atoms with van der Waals surface area (Å²) in [6, 6.07) is 18.6. The fraction of sp³-hybridized carbons (Fsp3) is 0.130. The summed E-state index contributed by atoms with van der Waals surface area (Å²) in [5, 5.41) is 0.241. The monoisotopic (exact) mass is 473 g/mol. The van der Waals surface area contributed by atoms with Crippen molar-refractivity contribution in [1.29, 1.82) is 0 Å². The van der Waals surface area contributed by atoms with Crippen LogP contribution in [0.5, 0.6) is 5.75 Å². The maximum atomic E-state index is 13.1. The van der Waals surface area contributed by atoms with Crippen LogP contribution in [0.3, 0.4) is 0 Å². The number of rotatable bonds is 8. The van der Waals surface area contributed by atoms with Crippen molar-refractivity contribution in [1.82, 2.24) is 0 Å². The third kappa shape index (κ3) is 4.92. The lowest BCUT2D eigenvalue weighted by Gasteiger charge is -2.20. The predicted octanol–water partition coefficient (Wildman–Crippen LogP) is 4.21. The zero-order chi connectivity index (χ0) is 23.3. The van der Waals surface area contributed by atoms with Gasteiger partial charge in [0.2, 0.25) is 0 Å². The Balaban J connectivity index is 1.80. The number of nitrogens with zero attached hydrogens (tertiary/aromatic N) is 1. The minimum absolute atomic E-state index is 0.171. The van der Waals surface area contributed by atoms with Crippen molar-refractivity contribution in [2.24, 2.45) is 0 Å². The van der Waals surface area contributed by atoms with E-state index >= 15 is 0 Å². The number of ether oxygens (including phenoxy) is 2. The second-order valence-corrected chi connectivity index (χ2v) is 9.00. The molecule has 0 spiro atoms. The van der Waals surface area contributed by atoms with E-state index in [0.29, 0.717) is 11.4 Å². The van der Waals surface area contributed by atoms with Crippen LogP contribution in [-0.4, -0.2) is 40.9 Å². The maximum absolute atomic E-state index is 13.1. The number of halogens is 1. The predicted molar refractivity (Wildman–Crippen MR) is 121 cm³/mol. The number of carbonyl (C=O) groups excluding carboxylic acids is 2. The van der Waals surface area contributed by atoms with Crippen LogP contribution in [0.15, 0.2) is 77.7 Å². The molecule has 0 amide bonds. The van der Waals surface area contributed by atoms with Gasteiger partial charge in [-0.25, -0.2) is 13.2 Å². The van der Waals surface area contributed by atoms with Gasteiger partial charge in [-0.05, 0) is 42.5 Å². The summed E-state index contributed by atoms with van der Waals surface area (Å²) >= 11 is 6.03. The van der Waals surface area contributed by atoms with Crippen molar-refractivity contribution in [3.8, 4) is 5.75 Å². The minimum atomic E-state index is -4.06. The van der Waals surface area contributed by atoms with Gasteiger partial charge in [0.25, 0.3) is 10.0 Å². The molecule has 9 heteroatoms. The van der Waals surface area contributed by atoms with Crippen molar-refractivity contribution in [2.45, 2.75) is 4.90 Å². The van der Waals surface area contributed by atoms with Crippen LogP contribution in [-0.2, 0) is 14.8 Å². The van der Waals surface area contributed by atoms with Gasteiger partial charge in [0.15, 0.2) is 12.4 Å². The molecule has 0 aliphatic heterocycles. The number of hydrogen-bond acceptors (Lipinski definition) is 6. The number of hydrogen-bond donors (Lipinski definition) is 0. The Morgan fingerprint density at radius 2 is 1.62 bits per heavy atom. The van der Waals surface area contributed by atoms with E-state index in [-0.39, 0.29) is 21.0 Å². The third-order valence-corrected chi connectivity index (χ3v) is 6.81. The van der Waals surface area contributed by atoms with Crippen molar-refractivity contribution < 1.29 is 27.5 Å². The molecule has 3 rings (SSSR count). The lowest BCUT2D eigenvalue weighted by Crippen LogP contribution is -2.28. The quantitative estimate of drug-likeness (QED) is 0.359. The van der Waals surface area contributed by atoms with Crippen molar-refractivity contribution in [2.75, 3.05) is 25.1 Å². The van der Waals surface area contributed by atoms with E-state index in [0.717, 1.165) is 4.31 Å². The Morgan fingerprint density at radius 3 is 2.28 bits per heavy atom. The number of esters is 1.